The average molecular weight is 127 g/mol. The highest BCUT2D eigenvalue weighted by atomic mass is 16.4. The lowest BCUT2D eigenvalue weighted by Gasteiger charge is -1.82. The maximum Gasteiger partial charge on any atom is 0.315 e. The van der Waals surface area contributed by atoms with E-state index >= 15 is 0 Å². The van der Waals surface area contributed by atoms with Crippen molar-refractivity contribution in [3.05, 3.63) is 5.89 Å². The van der Waals surface area contributed by atoms with Gasteiger partial charge in [0, 0.05) is 7.05 Å². The largest absolute Gasteiger partial charge is 0.401 e. The Balaban J connectivity index is 2.86. The zero-order valence-electron chi connectivity index (χ0n) is 4.79. The maximum absolute atomic E-state index is 9.91. The molecule has 0 radical (unpaired) electrons. The molecule has 0 aliphatic heterocycles. The fraction of sp³-hybridized carbons (Fsp3) is 0.250. The van der Waals surface area contributed by atoms with Gasteiger partial charge in [0.05, 0.1) is 0 Å². The molecule has 5 heteroatoms. The van der Waals surface area contributed by atoms with E-state index in [9.17, 15) is 4.79 Å². The maximum atomic E-state index is 9.91. The third kappa shape index (κ3) is 1.04. The van der Waals surface area contributed by atoms with Gasteiger partial charge in [-0.1, -0.05) is 5.10 Å². The van der Waals surface area contributed by atoms with Crippen LogP contribution in [0, 0.1) is 0 Å². The Labute approximate surface area is 51.1 Å². The number of aromatic nitrogens is 2. The fourth-order valence-corrected chi connectivity index (χ4v) is 0.383. The van der Waals surface area contributed by atoms with E-state index in [1.54, 1.807) is 7.05 Å². The van der Waals surface area contributed by atoms with Crippen LogP contribution in [0.5, 0.6) is 0 Å². The normalized spacial score (nSPS) is 9.00. The van der Waals surface area contributed by atoms with Crippen LogP contribution in [0.3, 0.4) is 0 Å². The molecule has 1 heterocycles. The van der Waals surface area contributed by atoms with E-state index in [4.69, 9.17) is 0 Å². The second-order valence-corrected chi connectivity index (χ2v) is 1.31. The molecule has 1 aromatic rings. The Hall–Kier alpha value is -1.39. The van der Waals surface area contributed by atoms with Gasteiger partial charge in [0.25, 0.3) is 5.89 Å². The number of hydrogen-bond acceptors (Lipinski definition) is 5. The lowest BCUT2D eigenvalue weighted by Crippen LogP contribution is -1.85. The second kappa shape index (κ2) is 2.25. The van der Waals surface area contributed by atoms with Gasteiger partial charge in [-0.15, -0.1) is 5.10 Å². The molecule has 0 saturated heterocycles. The zero-order valence-corrected chi connectivity index (χ0v) is 4.79. The van der Waals surface area contributed by atoms with Crippen molar-refractivity contribution in [3.8, 4) is 0 Å². The van der Waals surface area contributed by atoms with Crippen LogP contribution in [-0.2, 0) is 0 Å². The van der Waals surface area contributed by atoms with Crippen LogP contribution in [0.15, 0.2) is 4.42 Å². The van der Waals surface area contributed by atoms with E-state index in [0.29, 0.717) is 6.29 Å². The summed E-state index contributed by atoms with van der Waals surface area (Å²) in [5.74, 6) is -0.0145. The third-order valence-electron chi connectivity index (χ3n) is 0.755. The molecule has 5 nitrogen and oxygen atoms in total. The van der Waals surface area contributed by atoms with Gasteiger partial charge in [-0.2, -0.15) is 0 Å². The summed E-state index contributed by atoms with van der Waals surface area (Å²) in [6.07, 6.45) is 0.494. The first-order chi connectivity index (χ1) is 4.36. The Morgan fingerprint density at radius 3 is 2.78 bits per heavy atom. The number of anilines is 1. The summed E-state index contributed by atoms with van der Waals surface area (Å²) in [5, 5.41) is 9.39. The fourth-order valence-electron chi connectivity index (χ4n) is 0.383. The Morgan fingerprint density at radius 1 is 1.67 bits per heavy atom. The molecule has 1 rings (SSSR count). The number of nitrogens with zero attached hydrogens (tertiary/aromatic N) is 2. The van der Waals surface area contributed by atoms with E-state index in [-0.39, 0.29) is 11.9 Å². The van der Waals surface area contributed by atoms with Crippen molar-refractivity contribution in [1.82, 2.24) is 10.2 Å². The smallest absolute Gasteiger partial charge is 0.315 e. The molecule has 1 N–H and O–H groups in total. The number of carbonyl (C=O) groups excluding carboxylic acids is 1. The van der Waals surface area contributed by atoms with Gasteiger partial charge in [-0.25, -0.2) is 0 Å². The molecule has 0 spiro atoms. The molecule has 0 aliphatic carbocycles. The summed E-state index contributed by atoms with van der Waals surface area (Å²) in [4.78, 5) is 9.91. The number of hydrogen-bond donors (Lipinski definition) is 1. The molecule has 0 atom stereocenters. The van der Waals surface area contributed by atoms with E-state index in [1.165, 1.54) is 0 Å². The van der Waals surface area contributed by atoms with Crippen LogP contribution in [0.4, 0.5) is 6.01 Å². The van der Waals surface area contributed by atoms with Gasteiger partial charge >= 0.3 is 6.01 Å². The molecule has 0 aliphatic rings. The Morgan fingerprint density at radius 2 is 2.44 bits per heavy atom. The van der Waals surface area contributed by atoms with Crippen molar-refractivity contribution in [2.45, 2.75) is 0 Å². The van der Waals surface area contributed by atoms with Gasteiger partial charge < -0.3 is 9.73 Å². The first-order valence-corrected chi connectivity index (χ1v) is 2.33. The molecule has 0 fully saturated rings. The lowest BCUT2D eigenvalue weighted by molar-refractivity contribution is 0.109. The highest BCUT2D eigenvalue weighted by molar-refractivity contribution is 5.67. The molecule has 1 aromatic heterocycles. The predicted molar refractivity (Wildman–Crippen MR) is 29.2 cm³/mol. The second-order valence-electron chi connectivity index (χ2n) is 1.31. The Kier molecular flexibility index (Phi) is 1.44. The summed E-state index contributed by atoms with van der Waals surface area (Å²) in [6.45, 7) is 0. The van der Waals surface area contributed by atoms with Crippen LogP contribution in [0.1, 0.15) is 10.7 Å². The van der Waals surface area contributed by atoms with Crippen molar-refractivity contribution < 1.29 is 9.21 Å². The topological polar surface area (TPSA) is 68.0 Å². The van der Waals surface area contributed by atoms with Gasteiger partial charge in [0.1, 0.15) is 0 Å². The summed E-state index contributed by atoms with van der Waals surface area (Å²) in [6, 6.07) is 0.247. The molecule has 0 saturated carbocycles. The van der Waals surface area contributed by atoms with Crippen molar-refractivity contribution in [1.29, 1.82) is 0 Å². The molecule has 0 unspecified atom stereocenters. The Bertz CT molecular complexity index is 207. The molecule has 9 heavy (non-hydrogen) atoms. The zero-order chi connectivity index (χ0) is 6.69. The molecule has 0 bridgehead atoms. The van der Waals surface area contributed by atoms with Crippen molar-refractivity contribution in [2.75, 3.05) is 12.4 Å². The molecule has 0 amide bonds. The van der Waals surface area contributed by atoms with E-state index in [0.717, 1.165) is 0 Å². The number of rotatable bonds is 2. The van der Waals surface area contributed by atoms with Gasteiger partial charge in [0.15, 0.2) is 0 Å². The van der Waals surface area contributed by atoms with Crippen LogP contribution < -0.4 is 5.32 Å². The van der Waals surface area contributed by atoms with E-state index < -0.39 is 0 Å². The first kappa shape index (κ1) is 5.74. The summed E-state index contributed by atoms with van der Waals surface area (Å²) < 4.78 is 4.68. The number of carbonyl (C=O) groups is 1. The standard InChI is InChI=1S/C4H5N3O2/c1-5-4-7-6-3(2-8)9-4/h2H,1H3,(H,5,7). The third-order valence-corrected chi connectivity index (χ3v) is 0.755. The summed E-state index contributed by atoms with van der Waals surface area (Å²) in [5.41, 5.74) is 0. The van der Waals surface area contributed by atoms with Crippen molar-refractivity contribution >= 4 is 12.3 Å². The monoisotopic (exact) mass is 127 g/mol. The van der Waals surface area contributed by atoms with Crippen LogP contribution in [0.2, 0.25) is 0 Å². The first-order valence-electron chi connectivity index (χ1n) is 2.33. The van der Waals surface area contributed by atoms with Crippen molar-refractivity contribution in [2.24, 2.45) is 0 Å². The van der Waals surface area contributed by atoms with Gasteiger partial charge in [-0.3, -0.25) is 4.79 Å². The lowest BCUT2D eigenvalue weighted by atomic mass is 10.8. The highest BCUT2D eigenvalue weighted by Crippen LogP contribution is 1.99. The SMILES string of the molecule is CNc1nnc(C=O)o1. The quantitative estimate of drug-likeness (QED) is 0.563. The minimum Gasteiger partial charge on any atom is -0.401 e. The van der Waals surface area contributed by atoms with Crippen LogP contribution in [0.25, 0.3) is 0 Å². The predicted octanol–water partition coefficient (Wildman–Crippen LogP) is -0.0762. The van der Waals surface area contributed by atoms with Crippen LogP contribution in [-0.4, -0.2) is 23.5 Å². The van der Waals surface area contributed by atoms with Gasteiger partial charge in [-0.05, 0) is 0 Å². The summed E-state index contributed by atoms with van der Waals surface area (Å²) >= 11 is 0. The number of aldehydes is 1. The minimum absolute atomic E-state index is 0.0145. The van der Waals surface area contributed by atoms with Crippen LogP contribution >= 0.6 is 0 Å². The molecular weight excluding hydrogens is 122 g/mol. The summed E-state index contributed by atoms with van der Waals surface area (Å²) in [7, 11) is 1.63. The number of nitrogens with one attached hydrogen (secondary N) is 1. The van der Waals surface area contributed by atoms with Crippen molar-refractivity contribution in [3.63, 3.8) is 0 Å². The molecule has 48 valence electrons. The molecule has 0 aromatic carbocycles. The van der Waals surface area contributed by atoms with E-state index in [1.807, 2.05) is 0 Å². The molecular formula is C4H5N3O2. The van der Waals surface area contributed by atoms with E-state index in [2.05, 4.69) is 19.9 Å². The average Bonchev–Trinajstić information content (AvgIpc) is 2.34. The van der Waals surface area contributed by atoms with Gasteiger partial charge in [0.2, 0.25) is 6.29 Å². The highest BCUT2D eigenvalue weighted by Gasteiger charge is 1.99. The minimum atomic E-state index is -0.0145.